The van der Waals surface area contributed by atoms with Crippen LogP contribution in [0, 0.1) is 13.8 Å². The SMILES string of the molecule is Cc1cc(C(=O)NC2CCCN(C3CCCCCC3)C2)c(=O)[nH]c1C. The Morgan fingerprint density at radius 3 is 2.56 bits per heavy atom. The number of amides is 1. The molecule has 2 aliphatic rings. The van der Waals surface area contributed by atoms with E-state index in [9.17, 15) is 9.59 Å². The third kappa shape index (κ3) is 4.51. The molecule has 0 bridgehead atoms. The summed E-state index contributed by atoms with van der Waals surface area (Å²) < 4.78 is 0. The average molecular weight is 345 g/mol. The molecule has 1 unspecified atom stereocenters. The fourth-order valence-electron chi connectivity index (χ4n) is 4.24. The van der Waals surface area contributed by atoms with Gasteiger partial charge in [-0.15, -0.1) is 0 Å². The Morgan fingerprint density at radius 2 is 1.84 bits per heavy atom. The molecule has 1 saturated heterocycles. The molecular weight excluding hydrogens is 314 g/mol. The number of hydrogen-bond acceptors (Lipinski definition) is 3. The molecule has 2 fully saturated rings. The summed E-state index contributed by atoms with van der Waals surface area (Å²) in [6.45, 7) is 5.82. The van der Waals surface area contributed by atoms with Crippen molar-refractivity contribution < 1.29 is 4.79 Å². The summed E-state index contributed by atoms with van der Waals surface area (Å²) in [5, 5.41) is 3.11. The highest BCUT2D eigenvalue weighted by atomic mass is 16.2. The van der Waals surface area contributed by atoms with Crippen LogP contribution < -0.4 is 10.9 Å². The number of aromatic amines is 1. The van der Waals surface area contributed by atoms with Crippen LogP contribution in [-0.2, 0) is 0 Å². The highest BCUT2D eigenvalue weighted by Crippen LogP contribution is 2.24. The number of aromatic nitrogens is 1. The number of nitrogens with zero attached hydrogens (tertiary/aromatic N) is 1. The lowest BCUT2D eigenvalue weighted by atomic mass is 9.99. The van der Waals surface area contributed by atoms with E-state index in [4.69, 9.17) is 0 Å². The van der Waals surface area contributed by atoms with Crippen molar-refractivity contribution in [3.63, 3.8) is 0 Å². The van der Waals surface area contributed by atoms with Crippen LogP contribution in [-0.4, -0.2) is 41.0 Å². The summed E-state index contributed by atoms with van der Waals surface area (Å²) in [5.41, 5.74) is 1.69. The standard InChI is InChI=1S/C20H31N3O2/c1-14-12-18(19(24)21-15(14)2)20(25)22-16-8-7-11-23(13-16)17-9-5-3-4-6-10-17/h12,16-17H,3-11,13H2,1-2H3,(H,21,24)(H,22,25). The number of rotatable bonds is 3. The summed E-state index contributed by atoms with van der Waals surface area (Å²) in [6, 6.07) is 2.52. The summed E-state index contributed by atoms with van der Waals surface area (Å²) >= 11 is 0. The Balaban J connectivity index is 1.63. The fourth-order valence-corrected chi connectivity index (χ4v) is 4.24. The smallest absolute Gasteiger partial charge is 0.261 e. The van der Waals surface area contributed by atoms with Gasteiger partial charge >= 0.3 is 0 Å². The number of piperidine rings is 1. The lowest BCUT2D eigenvalue weighted by Gasteiger charge is -2.38. The van der Waals surface area contributed by atoms with Gasteiger partial charge in [-0.3, -0.25) is 14.5 Å². The molecule has 0 aromatic carbocycles. The van der Waals surface area contributed by atoms with Crippen molar-refractivity contribution in [2.75, 3.05) is 13.1 Å². The molecule has 2 N–H and O–H groups in total. The second-order valence-corrected chi connectivity index (χ2v) is 7.77. The number of carbonyl (C=O) groups excluding carboxylic acids is 1. The van der Waals surface area contributed by atoms with Crippen LogP contribution in [0.25, 0.3) is 0 Å². The van der Waals surface area contributed by atoms with Crippen LogP contribution in [0.4, 0.5) is 0 Å². The van der Waals surface area contributed by atoms with E-state index in [1.165, 1.54) is 38.5 Å². The number of likely N-dealkylation sites (tertiary alicyclic amines) is 1. The van der Waals surface area contributed by atoms with Crippen LogP contribution in [0.3, 0.4) is 0 Å². The first-order valence-electron chi connectivity index (χ1n) is 9.80. The maximum Gasteiger partial charge on any atom is 0.261 e. The zero-order valence-electron chi connectivity index (χ0n) is 15.6. The van der Waals surface area contributed by atoms with E-state index in [0.717, 1.165) is 37.2 Å². The van der Waals surface area contributed by atoms with Crippen molar-refractivity contribution in [3.8, 4) is 0 Å². The van der Waals surface area contributed by atoms with E-state index in [2.05, 4.69) is 15.2 Å². The van der Waals surface area contributed by atoms with Gasteiger partial charge in [-0.2, -0.15) is 0 Å². The molecule has 138 valence electrons. The van der Waals surface area contributed by atoms with Crippen LogP contribution in [0.5, 0.6) is 0 Å². The van der Waals surface area contributed by atoms with Crippen molar-refractivity contribution in [2.45, 2.75) is 77.3 Å². The van der Waals surface area contributed by atoms with Crippen molar-refractivity contribution in [1.29, 1.82) is 0 Å². The Kier molecular flexibility index (Phi) is 5.94. The average Bonchev–Trinajstić information content (AvgIpc) is 2.87. The summed E-state index contributed by atoms with van der Waals surface area (Å²) in [5.74, 6) is -0.239. The minimum absolute atomic E-state index is 0.144. The maximum atomic E-state index is 12.6. The van der Waals surface area contributed by atoms with Crippen LogP contribution in [0.2, 0.25) is 0 Å². The Bertz CT molecular complexity index is 659. The quantitative estimate of drug-likeness (QED) is 0.828. The number of aryl methyl sites for hydroxylation is 2. The van der Waals surface area contributed by atoms with Gasteiger partial charge < -0.3 is 10.3 Å². The van der Waals surface area contributed by atoms with Gasteiger partial charge in [0.2, 0.25) is 0 Å². The van der Waals surface area contributed by atoms with E-state index in [1.807, 2.05) is 13.8 Å². The predicted octanol–water partition coefficient (Wildman–Crippen LogP) is 2.91. The molecule has 5 nitrogen and oxygen atoms in total. The molecule has 0 radical (unpaired) electrons. The van der Waals surface area contributed by atoms with E-state index in [-0.39, 0.29) is 23.1 Å². The van der Waals surface area contributed by atoms with Crippen molar-refractivity contribution in [2.24, 2.45) is 0 Å². The second-order valence-electron chi connectivity index (χ2n) is 7.77. The van der Waals surface area contributed by atoms with E-state index in [0.29, 0.717) is 6.04 Å². The van der Waals surface area contributed by atoms with Gasteiger partial charge in [-0.1, -0.05) is 25.7 Å². The predicted molar refractivity (Wildman–Crippen MR) is 100 cm³/mol. The molecular formula is C20H31N3O2. The van der Waals surface area contributed by atoms with Crippen LogP contribution >= 0.6 is 0 Å². The number of nitrogens with one attached hydrogen (secondary N) is 2. The number of hydrogen-bond donors (Lipinski definition) is 2. The molecule has 2 heterocycles. The van der Waals surface area contributed by atoms with Crippen molar-refractivity contribution in [1.82, 2.24) is 15.2 Å². The summed E-state index contributed by atoms with van der Waals surface area (Å²) in [4.78, 5) is 30.0. The zero-order chi connectivity index (χ0) is 17.8. The third-order valence-electron chi connectivity index (χ3n) is 5.87. The van der Waals surface area contributed by atoms with Gasteiger partial charge in [0.1, 0.15) is 5.56 Å². The Hall–Kier alpha value is -1.62. The van der Waals surface area contributed by atoms with Gasteiger partial charge in [0, 0.05) is 24.3 Å². The largest absolute Gasteiger partial charge is 0.348 e. The normalized spacial score (nSPS) is 23.2. The topological polar surface area (TPSA) is 65.2 Å². The molecule has 1 saturated carbocycles. The van der Waals surface area contributed by atoms with E-state index in [1.54, 1.807) is 6.07 Å². The minimum Gasteiger partial charge on any atom is -0.348 e. The molecule has 1 aliphatic carbocycles. The van der Waals surface area contributed by atoms with Crippen molar-refractivity contribution >= 4 is 5.91 Å². The number of H-pyrrole nitrogens is 1. The minimum atomic E-state index is -0.294. The van der Waals surface area contributed by atoms with Gasteiger partial charge in [0.05, 0.1) is 0 Å². The maximum absolute atomic E-state index is 12.6. The first-order valence-corrected chi connectivity index (χ1v) is 9.80. The summed E-state index contributed by atoms with van der Waals surface area (Å²) in [7, 11) is 0. The third-order valence-corrected chi connectivity index (χ3v) is 5.87. The summed E-state index contributed by atoms with van der Waals surface area (Å²) in [6.07, 6.45) is 10.1. The van der Waals surface area contributed by atoms with Crippen LogP contribution in [0.15, 0.2) is 10.9 Å². The molecule has 1 aromatic rings. The van der Waals surface area contributed by atoms with Gasteiger partial charge in [0.15, 0.2) is 0 Å². The van der Waals surface area contributed by atoms with Gasteiger partial charge in [-0.25, -0.2) is 0 Å². The van der Waals surface area contributed by atoms with Gasteiger partial charge in [-0.05, 0) is 57.7 Å². The highest BCUT2D eigenvalue weighted by Gasteiger charge is 2.27. The molecule has 0 spiro atoms. The number of carbonyl (C=O) groups is 1. The number of pyridine rings is 1. The Labute approximate surface area is 150 Å². The highest BCUT2D eigenvalue weighted by molar-refractivity contribution is 5.94. The molecule has 1 amide bonds. The molecule has 3 rings (SSSR count). The monoisotopic (exact) mass is 345 g/mol. The van der Waals surface area contributed by atoms with E-state index < -0.39 is 0 Å². The molecule has 25 heavy (non-hydrogen) atoms. The molecule has 1 aliphatic heterocycles. The Morgan fingerprint density at radius 1 is 1.12 bits per heavy atom. The fraction of sp³-hybridized carbons (Fsp3) is 0.700. The lowest BCUT2D eigenvalue weighted by Crippen LogP contribution is -2.51. The van der Waals surface area contributed by atoms with Crippen molar-refractivity contribution in [3.05, 3.63) is 33.2 Å². The zero-order valence-corrected chi connectivity index (χ0v) is 15.6. The molecule has 1 atom stereocenters. The molecule has 5 heteroatoms. The lowest BCUT2D eigenvalue weighted by molar-refractivity contribution is 0.0859. The van der Waals surface area contributed by atoms with Gasteiger partial charge in [0.25, 0.3) is 11.5 Å². The first-order chi connectivity index (χ1) is 12.0. The van der Waals surface area contributed by atoms with E-state index >= 15 is 0 Å². The molecule has 1 aromatic heterocycles. The first kappa shape index (κ1) is 18.2. The second kappa shape index (κ2) is 8.17. The van der Waals surface area contributed by atoms with Crippen LogP contribution in [0.1, 0.15) is 73.0 Å².